The van der Waals surface area contributed by atoms with Gasteiger partial charge < -0.3 is 23.8 Å². The molecule has 1 aliphatic rings. The van der Waals surface area contributed by atoms with Crippen molar-refractivity contribution in [1.29, 1.82) is 0 Å². The van der Waals surface area contributed by atoms with Crippen LogP contribution in [0.4, 0.5) is 10.8 Å². The fraction of sp³-hybridized carbons (Fsp3) is 0.450. The molecule has 0 saturated carbocycles. The van der Waals surface area contributed by atoms with Gasteiger partial charge in [-0.15, -0.1) is 0 Å². The molecule has 0 N–H and O–H groups in total. The molecule has 1 amide bonds. The molecule has 0 atom stereocenters. The van der Waals surface area contributed by atoms with Crippen molar-refractivity contribution in [3.05, 3.63) is 36.9 Å². The number of ether oxygens (including phenoxy) is 2. The Kier molecular flexibility index (Phi) is 5.87. The number of carbonyl (C=O) groups is 1. The average Bonchev–Trinajstić information content (AvgIpc) is 3.16. The van der Waals surface area contributed by atoms with Gasteiger partial charge in [0.15, 0.2) is 0 Å². The van der Waals surface area contributed by atoms with E-state index in [1.54, 1.807) is 11.0 Å². The van der Waals surface area contributed by atoms with Gasteiger partial charge in [0.05, 0.1) is 0 Å². The molecule has 0 aliphatic carbocycles. The third-order valence-corrected chi connectivity index (χ3v) is 4.10. The number of carbonyl (C=O) groups excluding carboxylic acids is 1. The van der Waals surface area contributed by atoms with E-state index in [1.165, 1.54) is 0 Å². The Bertz CT molecular complexity index is 802. The first-order valence-corrected chi connectivity index (χ1v) is 9.26. The summed E-state index contributed by atoms with van der Waals surface area (Å²) in [5.74, 6) is 1.27. The zero-order valence-corrected chi connectivity index (χ0v) is 16.6. The minimum absolute atomic E-state index is 0.294. The number of aromatic nitrogens is 2. The van der Waals surface area contributed by atoms with Crippen LogP contribution in [0.3, 0.4) is 0 Å². The Morgan fingerprint density at radius 2 is 1.89 bits per heavy atom. The Morgan fingerprint density at radius 1 is 1.21 bits per heavy atom. The third-order valence-electron chi connectivity index (χ3n) is 4.10. The fourth-order valence-corrected chi connectivity index (χ4v) is 2.72. The number of hydrogen-bond donors (Lipinski definition) is 0. The SMILES string of the molecule is C=CCOc1ccc(-c2noc(N3CCN(C(=O)OC(C)(C)C)CC3)n2)cc1. The summed E-state index contributed by atoms with van der Waals surface area (Å²) in [4.78, 5) is 20.3. The van der Waals surface area contributed by atoms with Crippen LogP contribution in [0.5, 0.6) is 5.75 Å². The third kappa shape index (κ3) is 5.03. The molecule has 8 heteroatoms. The van der Waals surface area contributed by atoms with E-state index >= 15 is 0 Å². The van der Waals surface area contributed by atoms with Crippen molar-refractivity contribution < 1.29 is 18.8 Å². The van der Waals surface area contributed by atoms with Crippen molar-refractivity contribution >= 4 is 12.1 Å². The second-order valence-electron chi connectivity index (χ2n) is 7.48. The molecule has 1 saturated heterocycles. The van der Waals surface area contributed by atoms with E-state index in [0.29, 0.717) is 44.6 Å². The highest BCUT2D eigenvalue weighted by Gasteiger charge is 2.27. The van der Waals surface area contributed by atoms with Crippen LogP contribution in [0, 0.1) is 0 Å². The Hall–Kier alpha value is -3.03. The smallest absolute Gasteiger partial charge is 0.410 e. The van der Waals surface area contributed by atoms with Crippen molar-refractivity contribution in [3.8, 4) is 17.1 Å². The summed E-state index contributed by atoms with van der Waals surface area (Å²) in [7, 11) is 0. The number of amides is 1. The highest BCUT2D eigenvalue weighted by molar-refractivity contribution is 5.68. The van der Waals surface area contributed by atoms with Crippen molar-refractivity contribution in [2.75, 3.05) is 37.7 Å². The molecule has 1 aliphatic heterocycles. The molecule has 3 rings (SSSR count). The van der Waals surface area contributed by atoms with Crippen LogP contribution in [0.15, 0.2) is 41.4 Å². The van der Waals surface area contributed by atoms with Gasteiger partial charge >= 0.3 is 12.1 Å². The number of benzene rings is 1. The van der Waals surface area contributed by atoms with Crippen LogP contribution < -0.4 is 9.64 Å². The largest absolute Gasteiger partial charge is 0.490 e. The van der Waals surface area contributed by atoms with Gasteiger partial charge in [-0.1, -0.05) is 17.8 Å². The quantitative estimate of drug-likeness (QED) is 0.729. The molecule has 28 heavy (non-hydrogen) atoms. The van der Waals surface area contributed by atoms with Gasteiger partial charge in [0.25, 0.3) is 0 Å². The summed E-state index contributed by atoms with van der Waals surface area (Å²) in [6.45, 7) is 12.0. The van der Waals surface area contributed by atoms with Crippen molar-refractivity contribution in [1.82, 2.24) is 15.0 Å². The summed E-state index contributed by atoms with van der Waals surface area (Å²) in [6.07, 6.45) is 1.40. The molecule has 2 heterocycles. The van der Waals surface area contributed by atoms with E-state index < -0.39 is 5.60 Å². The lowest BCUT2D eigenvalue weighted by Crippen LogP contribution is -2.50. The van der Waals surface area contributed by atoms with E-state index in [1.807, 2.05) is 49.9 Å². The zero-order valence-electron chi connectivity index (χ0n) is 16.6. The van der Waals surface area contributed by atoms with E-state index in [0.717, 1.165) is 11.3 Å². The maximum Gasteiger partial charge on any atom is 0.410 e. The van der Waals surface area contributed by atoms with Crippen molar-refractivity contribution in [2.24, 2.45) is 0 Å². The van der Waals surface area contributed by atoms with Crippen LogP contribution >= 0.6 is 0 Å². The first-order chi connectivity index (χ1) is 13.4. The first kappa shape index (κ1) is 19.7. The van der Waals surface area contributed by atoms with Gasteiger partial charge in [0.2, 0.25) is 5.82 Å². The number of hydrogen-bond acceptors (Lipinski definition) is 7. The van der Waals surface area contributed by atoms with Gasteiger partial charge in [0.1, 0.15) is 18.0 Å². The minimum Gasteiger partial charge on any atom is -0.490 e. The maximum absolute atomic E-state index is 12.2. The highest BCUT2D eigenvalue weighted by Crippen LogP contribution is 2.23. The van der Waals surface area contributed by atoms with E-state index in [4.69, 9.17) is 14.0 Å². The van der Waals surface area contributed by atoms with Crippen LogP contribution in [0.25, 0.3) is 11.4 Å². The summed E-state index contributed by atoms with van der Waals surface area (Å²) >= 11 is 0. The van der Waals surface area contributed by atoms with E-state index in [2.05, 4.69) is 16.7 Å². The molecule has 0 unspecified atom stereocenters. The molecule has 8 nitrogen and oxygen atoms in total. The molecule has 0 radical (unpaired) electrons. The second-order valence-corrected chi connectivity index (χ2v) is 7.48. The normalized spacial score (nSPS) is 14.7. The second kappa shape index (κ2) is 8.33. The lowest BCUT2D eigenvalue weighted by Gasteiger charge is -2.34. The number of anilines is 1. The Labute approximate surface area is 164 Å². The van der Waals surface area contributed by atoms with Crippen LogP contribution in [-0.4, -0.2) is 59.5 Å². The summed E-state index contributed by atoms with van der Waals surface area (Å²) in [5, 5.41) is 4.07. The van der Waals surface area contributed by atoms with Gasteiger partial charge in [0, 0.05) is 31.7 Å². The lowest BCUT2D eigenvalue weighted by atomic mass is 10.2. The number of piperazine rings is 1. The Morgan fingerprint density at radius 3 is 2.50 bits per heavy atom. The summed E-state index contributed by atoms with van der Waals surface area (Å²) in [6, 6.07) is 7.93. The average molecular weight is 386 g/mol. The molecule has 0 spiro atoms. The predicted octanol–water partition coefficient (Wildman–Crippen LogP) is 3.36. The maximum atomic E-state index is 12.2. The fourth-order valence-electron chi connectivity index (χ4n) is 2.72. The molecule has 2 aromatic rings. The molecule has 1 fully saturated rings. The van der Waals surface area contributed by atoms with Gasteiger partial charge in [-0.3, -0.25) is 0 Å². The van der Waals surface area contributed by atoms with E-state index in [9.17, 15) is 4.79 Å². The monoisotopic (exact) mass is 386 g/mol. The predicted molar refractivity (Wildman–Crippen MR) is 105 cm³/mol. The van der Waals surface area contributed by atoms with Crippen LogP contribution in [-0.2, 0) is 4.74 Å². The lowest BCUT2D eigenvalue weighted by molar-refractivity contribution is 0.0238. The van der Waals surface area contributed by atoms with Crippen molar-refractivity contribution in [3.63, 3.8) is 0 Å². The summed E-state index contributed by atoms with van der Waals surface area (Å²) in [5.41, 5.74) is 0.343. The summed E-state index contributed by atoms with van der Waals surface area (Å²) < 4.78 is 16.3. The first-order valence-electron chi connectivity index (χ1n) is 9.26. The highest BCUT2D eigenvalue weighted by atomic mass is 16.6. The topological polar surface area (TPSA) is 80.9 Å². The molecule has 1 aromatic heterocycles. The van der Waals surface area contributed by atoms with Gasteiger partial charge in [-0.25, -0.2) is 4.79 Å². The number of rotatable bonds is 5. The molecular formula is C20H26N4O4. The molecular weight excluding hydrogens is 360 g/mol. The van der Waals surface area contributed by atoms with Gasteiger partial charge in [-0.05, 0) is 45.0 Å². The number of nitrogens with zero attached hydrogens (tertiary/aromatic N) is 4. The Balaban J connectivity index is 1.58. The van der Waals surface area contributed by atoms with Crippen LogP contribution in [0.2, 0.25) is 0 Å². The van der Waals surface area contributed by atoms with Gasteiger partial charge in [-0.2, -0.15) is 4.98 Å². The molecule has 0 bridgehead atoms. The zero-order chi connectivity index (χ0) is 20.1. The minimum atomic E-state index is -0.498. The van der Waals surface area contributed by atoms with Crippen molar-refractivity contribution in [2.45, 2.75) is 26.4 Å². The van der Waals surface area contributed by atoms with Crippen LogP contribution in [0.1, 0.15) is 20.8 Å². The standard InChI is InChI=1S/C20H26N4O4/c1-5-14-26-16-8-6-15(7-9-16)17-21-18(28-22-17)23-10-12-24(13-11-23)19(25)27-20(2,3)4/h5-9H,1,10-14H2,2-4H3. The van der Waals surface area contributed by atoms with E-state index in [-0.39, 0.29) is 6.09 Å². The molecule has 150 valence electrons. The molecule has 1 aromatic carbocycles.